The molecule has 0 unspecified atom stereocenters. The number of hydrogen-bond donors (Lipinski definition) is 1. The van der Waals surface area contributed by atoms with Crippen LogP contribution < -0.4 is 10.2 Å². The molecule has 1 N–H and O–H groups in total. The van der Waals surface area contributed by atoms with Crippen molar-refractivity contribution in [2.24, 2.45) is 0 Å². The maximum absolute atomic E-state index is 12.1. The summed E-state index contributed by atoms with van der Waals surface area (Å²) in [5.74, 6) is 0.982. The Kier molecular flexibility index (Phi) is 3.87. The second-order valence-electron chi connectivity index (χ2n) is 4.97. The first-order valence-corrected chi connectivity index (χ1v) is 6.86. The topological polar surface area (TPSA) is 67.6 Å². The third kappa shape index (κ3) is 3.22. The van der Waals surface area contributed by atoms with E-state index in [4.69, 9.17) is 9.26 Å². The SMILES string of the molecule is Cc1cc(NC(=O)CN2CCOCc3ccccc32)no1. The molecule has 21 heavy (non-hydrogen) atoms. The normalized spacial score (nSPS) is 14.4. The van der Waals surface area contributed by atoms with E-state index in [2.05, 4.69) is 10.5 Å². The Bertz CT molecular complexity index is 639. The number of aryl methyl sites for hydroxylation is 1. The number of ether oxygens (including phenoxy) is 1. The molecule has 0 spiro atoms. The van der Waals surface area contributed by atoms with Crippen molar-refractivity contribution in [1.82, 2.24) is 5.16 Å². The minimum absolute atomic E-state index is 0.125. The number of hydrogen-bond acceptors (Lipinski definition) is 5. The molecule has 2 heterocycles. The Balaban J connectivity index is 1.70. The maximum atomic E-state index is 12.1. The standard InChI is InChI=1S/C15H17N3O3/c1-11-8-14(17-21-11)16-15(19)9-18-6-7-20-10-12-4-2-3-5-13(12)18/h2-5,8H,6-7,9-10H2,1H3,(H,16,17,19). The Hall–Kier alpha value is -2.34. The average Bonchev–Trinajstić information content (AvgIpc) is 2.77. The second kappa shape index (κ2) is 5.97. The molecule has 0 bridgehead atoms. The van der Waals surface area contributed by atoms with Crippen LogP contribution in [0.1, 0.15) is 11.3 Å². The number of amides is 1. The monoisotopic (exact) mass is 287 g/mol. The molecule has 110 valence electrons. The van der Waals surface area contributed by atoms with Gasteiger partial charge in [-0.15, -0.1) is 0 Å². The number of para-hydroxylation sites is 1. The Labute approximate surface area is 122 Å². The minimum atomic E-state index is -0.125. The third-order valence-corrected chi connectivity index (χ3v) is 3.33. The Morgan fingerprint density at radius 2 is 2.29 bits per heavy atom. The van der Waals surface area contributed by atoms with Gasteiger partial charge in [0.1, 0.15) is 5.76 Å². The molecule has 6 nitrogen and oxygen atoms in total. The first kappa shape index (κ1) is 13.6. The van der Waals surface area contributed by atoms with Gasteiger partial charge in [-0.2, -0.15) is 0 Å². The zero-order chi connectivity index (χ0) is 14.7. The van der Waals surface area contributed by atoms with Gasteiger partial charge in [0.25, 0.3) is 0 Å². The summed E-state index contributed by atoms with van der Waals surface area (Å²) < 4.78 is 10.5. The second-order valence-corrected chi connectivity index (χ2v) is 4.97. The molecular weight excluding hydrogens is 270 g/mol. The van der Waals surface area contributed by atoms with Crippen LogP contribution in [0.25, 0.3) is 0 Å². The van der Waals surface area contributed by atoms with Crippen molar-refractivity contribution in [2.45, 2.75) is 13.5 Å². The fourth-order valence-corrected chi connectivity index (χ4v) is 2.36. The average molecular weight is 287 g/mol. The molecule has 1 aromatic carbocycles. The molecule has 0 fully saturated rings. The summed E-state index contributed by atoms with van der Waals surface area (Å²) in [4.78, 5) is 14.2. The number of benzene rings is 1. The third-order valence-electron chi connectivity index (χ3n) is 3.33. The number of aromatic nitrogens is 1. The quantitative estimate of drug-likeness (QED) is 0.934. The highest BCUT2D eigenvalue weighted by Gasteiger charge is 2.18. The van der Waals surface area contributed by atoms with Gasteiger partial charge in [-0.05, 0) is 13.0 Å². The maximum Gasteiger partial charge on any atom is 0.245 e. The van der Waals surface area contributed by atoms with Crippen LogP contribution in [0.5, 0.6) is 0 Å². The molecule has 0 atom stereocenters. The van der Waals surface area contributed by atoms with E-state index in [-0.39, 0.29) is 12.5 Å². The van der Waals surface area contributed by atoms with Crippen LogP contribution in [-0.2, 0) is 16.1 Å². The number of carbonyl (C=O) groups excluding carboxylic acids is 1. The van der Waals surface area contributed by atoms with E-state index in [9.17, 15) is 4.79 Å². The summed E-state index contributed by atoms with van der Waals surface area (Å²) in [6.45, 7) is 3.90. The molecule has 0 saturated heterocycles. The fourth-order valence-electron chi connectivity index (χ4n) is 2.36. The zero-order valence-corrected chi connectivity index (χ0v) is 11.8. The summed E-state index contributed by atoms with van der Waals surface area (Å²) in [5, 5.41) is 6.50. The van der Waals surface area contributed by atoms with Crippen molar-refractivity contribution < 1.29 is 14.1 Å². The van der Waals surface area contributed by atoms with Crippen LogP contribution in [0.4, 0.5) is 11.5 Å². The number of nitrogens with one attached hydrogen (secondary N) is 1. The molecule has 1 aliphatic heterocycles. The van der Waals surface area contributed by atoms with Crippen molar-refractivity contribution in [3.05, 3.63) is 41.7 Å². The van der Waals surface area contributed by atoms with Crippen molar-refractivity contribution in [3.8, 4) is 0 Å². The smallest absolute Gasteiger partial charge is 0.245 e. The van der Waals surface area contributed by atoms with Gasteiger partial charge in [-0.25, -0.2) is 0 Å². The molecule has 2 aromatic rings. The number of rotatable bonds is 3. The minimum Gasteiger partial charge on any atom is -0.375 e. The van der Waals surface area contributed by atoms with E-state index in [1.165, 1.54) is 0 Å². The molecule has 0 aliphatic carbocycles. The van der Waals surface area contributed by atoms with Gasteiger partial charge in [0.15, 0.2) is 5.82 Å². The highest BCUT2D eigenvalue weighted by molar-refractivity contribution is 5.93. The van der Waals surface area contributed by atoms with Gasteiger partial charge in [0.2, 0.25) is 5.91 Å². The Morgan fingerprint density at radius 3 is 3.10 bits per heavy atom. The molecule has 6 heteroatoms. The van der Waals surface area contributed by atoms with Crippen molar-refractivity contribution in [1.29, 1.82) is 0 Å². The lowest BCUT2D eigenvalue weighted by Crippen LogP contribution is -2.35. The summed E-state index contributed by atoms with van der Waals surface area (Å²) in [6, 6.07) is 9.67. The van der Waals surface area contributed by atoms with Crippen LogP contribution in [0, 0.1) is 6.92 Å². The van der Waals surface area contributed by atoms with Crippen LogP contribution in [0.2, 0.25) is 0 Å². The predicted molar refractivity (Wildman–Crippen MR) is 78.2 cm³/mol. The van der Waals surface area contributed by atoms with Crippen LogP contribution in [-0.4, -0.2) is 30.8 Å². The van der Waals surface area contributed by atoms with E-state index < -0.39 is 0 Å². The molecule has 0 radical (unpaired) electrons. The number of fused-ring (bicyclic) bond motifs is 1. The van der Waals surface area contributed by atoms with E-state index in [1.54, 1.807) is 13.0 Å². The predicted octanol–water partition coefficient (Wildman–Crippen LogP) is 1.96. The van der Waals surface area contributed by atoms with E-state index in [1.807, 2.05) is 29.2 Å². The van der Waals surface area contributed by atoms with Crippen molar-refractivity contribution in [3.63, 3.8) is 0 Å². The number of nitrogens with zero attached hydrogens (tertiary/aromatic N) is 2. The van der Waals surface area contributed by atoms with E-state index in [0.717, 1.165) is 11.3 Å². The largest absolute Gasteiger partial charge is 0.375 e. The molecular formula is C15H17N3O3. The van der Waals surface area contributed by atoms with Gasteiger partial charge >= 0.3 is 0 Å². The lowest BCUT2D eigenvalue weighted by atomic mass is 10.1. The molecule has 1 amide bonds. The lowest BCUT2D eigenvalue weighted by molar-refractivity contribution is -0.115. The van der Waals surface area contributed by atoms with Gasteiger partial charge in [-0.1, -0.05) is 23.4 Å². The zero-order valence-electron chi connectivity index (χ0n) is 11.8. The van der Waals surface area contributed by atoms with Gasteiger partial charge < -0.3 is 19.5 Å². The Morgan fingerprint density at radius 1 is 1.43 bits per heavy atom. The lowest BCUT2D eigenvalue weighted by Gasteiger charge is -2.23. The molecule has 0 saturated carbocycles. The van der Waals surface area contributed by atoms with Gasteiger partial charge in [0.05, 0.1) is 19.8 Å². The van der Waals surface area contributed by atoms with E-state index >= 15 is 0 Å². The fraction of sp³-hybridized carbons (Fsp3) is 0.333. The van der Waals surface area contributed by atoms with Gasteiger partial charge in [0, 0.05) is 23.9 Å². The van der Waals surface area contributed by atoms with Crippen molar-refractivity contribution >= 4 is 17.4 Å². The summed E-state index contributed by atoms with van der Waals surface area (Å²) in [6.07, 6.45) is 0. The first-order valence-electron chi connectivity index (χ1n) is 6.86. The van der Waals surface area contributed by atoms with Crippen LogP contribution >= 0.6 is 0 Å². The van der Waals surface area contributed by atoms with E-state index in [0.29, 0.717) is 31.3 Å². The summed E-state index contributed by atoms with van der Waals surface area (Å²) in [7, 11) is 0. The number of carbonyl (C=O) groups is 1. The highest BCUT2D eigenvalue weighted by atomic mass is 16.5. The van der Waals surface area contributed by atoms with Crippen LogP contribution in [0.3, 0.4) is 0 Å². The first-order chi connectivity index (χ1) is 10.2. The van der Waals surface area contributed by atoms with Gasteiger partial charge in [-0.3, -0.25) is 4.79 Å². The summed E-state index contributed by atoms with van der Waals surface area (Å²) >= 11 is 0. The van der Waals surface area contributed by atoms with Crippen molar-refractivity contribution in [2.75, 3.05) is 29.9 Å². The number of anilines is 2. The highest BCUT2D eigenvalue weighted by Crippen LogP contribution is 2.23. The summed E-state index contributed by atoms with van der Waals surface area (Å²) in [5.41, 5.74) is 2.14. The molecule has 1 aromatic heterocycles. The molecule has 1 aliphatic rings. The van der Waals surface area contributed by atoms with Crippen LogP contribution in [0.15, 0.2) is 34.9 Å². The molecule has 3 rings (SSSR count).